The van der Waals surface area contributed by atoms with Gasteiger partial charge in [0.1, 0.15) is 0 Å². The van der Waals surface area contributed by atoms with Gasteiger partial charge in [0.2, 0.25) is 0 Å². The van der Waals surface area contributed by atoms with Crippen molar-refractivity contribution in [3.8, 4) is 0 Å². The van der Waals surface area contributed by atoms with E-state index < -0.39 is 0 Å². The molecule has 2 aliphatic heterocycles. The summed E-state index contributed by atoms with van der Waals surface area (Å²) in [6.45, 7) is 2.29. The van der Waals surface area contributed by atoms with Gasteiger partial charge in [-0.05, 0) is 67.1 Å². The molecule has 1 N–H and O–H groups in total. The van der Waals surface area contributed by atoms with Crippen LogP contribution in [0.4, 0.5) is 4.79 Å². The number of rotatable bonds is 2. The van der Waals surface area contributed by atoms with Crippen LogP contribution in [0.15, 0.2) is 22.4 Å². The number of ether oxygens (including phenoxy) is 1. The third kappa shape index (κ3) is 1.44. The molecule has 0 saturated heterocycles. The van der Waals surface area contributed by atoms with Crippen molar-refractivity contribution >= 4 is 6.09 Å². The van der Waals surface area contributed by atoms with Crippen molar-refractivity contribution < 1.29 is 9.53 Å². The summed E-state index contributed by atoms with van der Waals surface area (Å²) in [6, 6.07) is 1.04. The zero-order chi connectivity index (χ0) is 16.4. The average Bonchev–Trinajstić information content (AvgIpc) is 2.93. The molecule has 2 heterocycles. The molecule has 132 valence electrons. The standard InChI is InChI=1S/C20H25N3O2/c1-2-25-20(24)21-17-7-3-4-8(17)14-13(7)18-15-11-6-12(10-5-9(10)11)16(15)19(14)23-22-18/h3-4,7-19H,2,5-6H2,1H3,(H,21,24)/t7-,8+,9+,10-,11+,12-,13+,14-,15-,16+,17?,18+,19-. The molecule has 0 spiro atoms. The highest BCUT2D eigenvalue weighted by Crippen LogP contribution is 2.76. The maximum absolute atomic E-state index is 12.1. The Balaban J connectivity index is 1.24. The fourth-order valence-corrected chi connectivity index (χ4v) is 8.69. The molecule has 0 radical (unpaired) electrons. The highest BCUT2D eigenvalue weighted by Gasteiger charge is 2.75. The molecule has 5 saturated carbocycles. The van der Waals surface area contributed by atoms with E-state index in [0.717, 1.165) is 35.5 Å². The van der Waals surface area contributed by atoms with Crippen LogP contribution in [0.2, 0.25) is 0 Å². The van der Waals surface area contributed by atoms with Gasteiger partial charge in [0.15, 0.2) is 0 Å². The summed E-state index contributed by atoms with van der Waals surface area (Å²) in [6.07, 6.45) is 7.43. The second kappa shape index (κ2) is 4.29. The summed E-state index contributed by atoms with van der Waals surface area (Å²) < 4.78 is 5.16. The maximum atomic E-state index is 12.1. The third-order valence-electron chi connectivity index (χ3n) is 9.16. The Morgan fingerprint density at radius 1 is 0.960 bits per heavy atom. The average molecular weight is 339 g/mol. The zero-order valence-corrected chi connectivity index (χ0v) is 14.5. The SMILES string of the molecule is CCOC(=O)NC1[C@H]2C=C[C@@H]1[C@@H]1[C@@H]3N=N[C@@H]([C@H]4[C@@H]5C[C@@H]([C@H]6C[C@H]65)[C@@H]34)[C@@H]12. The molecular formula is C20H25N3O2. The Labute approximate surface area is 147 Å². The van der Waals surface area contributed by atoms with Crippen LogP contribution in [0.1, 0.15) is 19.8 Å². The molecule has 6 bridgehead atoms. The number of azo groups is 1. The first kappa shape index (κ1) is 13.8. The monoisotopic (exact) mass is 339 g/mol. The number of amides is 1. The largest absolute Gasteiger partial charge is 0.450 e. The van der Waals surface area contributed by atoms with Crippen molar-refractivity contribution in [1.82, 2.24) is 5.32 Å². The topological polar surface area (TPSA) is 63.0 Å². The van der Waals surface area contributed by atoms with E-state index in [9.17, 15) is 4.79 Å². The Morgan fingerprint density at radius 3 is 2.08 bits per heavy atom. The molecule has 5 fully saturated rings. The summed E-state index contributed by atoms with van der Waals surface area (Å²) in [5, 5.41) is 12.9. The Kier molecular flexibility index (Phi) is 2.36. The Hall–Kier alpha value is -1.39. The van der Waals surface area contributed by atoms with Crippen LogP contribution >= 0.6 is 0 Å². The minimum Gasteiger partial charge on any atom is -0.450 e. The van der Waals surface area contributed by atoms with Crippen molar-refractivity contribution in [2.45, 2.75) is 37.9 Å². The lowest BCUT2D eigenvalue weighted by Gasteiger charge is -2.53. The summed E-state index contributed by atoms with van der Waals surface area (Å²) >= 11 is 0. The molecule has 5 heteroatoms. The summed E-state index contributed by atoms with van der Waals surface area (Å²) in [5.41, 5.74) is 0. The predicted molar refractivity (Wildman–Crippen MR) is 89.7 cm³/mol. The van der Waals surface area contributed by atoms with Crippen LogP contribution in [-0.2, 0) is 4.74 Å². The van der Waals surface area contributed by atoms with Gasteiger partial charge in [0, 0.05) is 17.9 Å². The lowest BCUT2D eigenvalue weighted by atomic mass is 9.55. The van der Waals surface area contributed by atoms with E-state index in [1.54, 1.807) is 0 Å². The third-order valence-corrected chi connectivity index (χ3v) is 9.16. The van der Waals surface area contributed by atoms with E-state index in [1.807, 2.05) is 6.92 Å². The first-order valence-electron chi connectivity index (χ1n) is 10.3. The van der Waals surface area contributed by atoms with Crippen molar-refractivity contribution in [3.05, 3.63) is 12.2 Å². The van der Waals surface area contributed by atoms with Crippen molar-refractivity contribution in [2.75, 3.05) is 6.61 Å². The maximum Gasteiger partial charge on any atom is 0.407 e. The van der Waals surface area contributed by atoms with Gasteiger partial charge in [-0.1, -0.05) is 12.2 Å². The van der Waals surface area contributed by atoms with Crippen molar-refractivity contribution in [1.29, 1.82) is 0 Å². The van der Waals surface area contributed by atoms with Gasteiger partial charge in [0.05, 0.1) is 18.7 Å². The number of fused-ring (bicyclic) bond motifs is 7. The highest BCUT2D eigenvalue weighted by molar-refractivity contribution is 5.68. The fraction of sp³-hybridized carbons (Fsp3) is 0.850. The molecule has 8 rings (SSSR count). The smallest absolute Gasteiger partial charge is 0.407 e. The number of carbonyl (C=O) groups excluding carboxylic acids is 1. The van der Waals surface area contributed by atoms with E-state index in [0.29, 0.717) is 42.4 Å². The van der Waals surface area contributed by atoms with Gasteiger partial charge in [-0.25, -0.2) is 4.79 Å². The van der Waals surface area contributed by atoms with Gasteiger partial charge in [0.25, 0.3) is 0 Å². The lowest BCUT2D eigenvalue weighted by molar-refractivity contribution is -0.0131. The molecule has 25 heavy (non-hydrogen) atoms. The van der Waals surface area contributed by atoms with Crippen LogP contribution in [0.25, 0.3) is 0 Å². The van der Waals surface area contributed by atoms with Crippen molar-refractivity contribution in [2.24, 2.45) is 69.4 Å². The summed E-state index contributed by atoms with van der Waals surface area (Å²) in [5.74, 6) is 7.59. The van der Waals surface area contributed by atoms with E-state index >= 15 is 0 Å². The number of alkyl carbamates (subject to hydrolysis) is 1. The summed E-state index contributed by atoms with van der Waals surface area (Å²) in [4.78, 5) is 12.1. The molecule has 1 unspecified atom stereocenters. The molecule has 8 aliphatic rings. The molecule has 5 nitrogen and oxygen atoms in total. The van der Waals surface area contributed by atoms with Gasteiger partial charge in [-0.3, -0.25) is 0 Å². The number of nitrogens with one attached hydrogen (secondary N) is 1. The molecular weight excluding hydrogens is 314 g/mol. The van der Waals surface area contributed by atoms with Gasteiger partial charge in [-0.15, -0.1) is 0 Å². The Bertz CT molecular complexity index is 674. The normalized spacial score (nSPS) is 62.7. The Morgan fingerprint density at radius 2 is 1.52 bits per heavy atom. The number of hydrogen-bond acceptors (Lipinski definition) is 4. The molecule has 13 atom stereocenters. The predicted octanol–water partition coefficient (Wildman–Crippen LogP) is 2.88. The molecule has 0 aromatic rings. The highest BCUT2D eigenvalue weighted by atomic mass is 16.5. The van der Waals surface area contributed by atoms with E-state index in [-0.39, 0.29) is 12.1 Å². The second-order valence-electron chi connectivity index (χ2n) is 9.58. The van der Waals surface area contributed by atoms with E-state index in [2.05, 4.69) is 17.5 Å². The number of hydrogen-bond donors (Lipinski definition) is 1. The van der Waals surface area contributed by atoms with Crippen LogP contribution in [0.3, 0.4) is 0 Å². The van der Waals surface area contributed by atoms with Crippen LogP contribution in [0, 0.1) is 59.2 Å². The molecule has 6 aliphatic carbocycles. The minimum atomic E-state index is -0.257. The van der Waals surface area contributed by atoms with Gasteiger partial charge >= 0.3 is 6.09 Å². The molecule has 0 aromatic carbocycles. The van der Waals surface area contributed by atoms with E-state index in [4.69, 9.17) is 15.0 Å². The van der Waals surface area contributed by atoms with Crippen LogP contribution < -0.4 is 5.32 Å². The quantitative estimate of drug-likeness (QED) is 0.786. The first-order chi connectivity index (χ1) is 12.3. The van der Waals surface area contributed by atoms with Crippen LogP contribution in [0.5, 0.6) is 0 Å². The minimum absolute atomic E-state index is 0.202. The fourth-order valence-electron chi connectivity index (χ4n) is 8.69. The first-order valence-corrected chi connectivity index (χ1v) is 10.3. The number of carbonyl (C=O) groups is 1. The molecule has 1 amide bonds. The van der Waals surface area contributed by atoms with Gasteiger partial charge < -0.3 is 10.1 Å². The van der Waals surface area contributed by atoms with Crippen molar-refractivity contribution in [3.63, 3.8) is 0 Å². The van der Waals surface area contributed by atoms with E-state index in [1.165, 1.54) is 12.8 Å². The number of nitrogens with zero attached hydrogens (tertiary/aromatic N) is 2. The lowest BCUT2D eigenvalue weighted by Crippen LogP contribution is -2.57. The second-order valence-corrected chi connectivity index (χ2v) is 9.58. The van der Waals surface area contributed by atoms with Crippen LogP contribution in [-0.4, -0.2) is 30.8 Å². The molecule has 0 aromatic heterocycles. The zero-order valence-electron chi connectivity index (χ0n) is 14.5. The van der Waals surface area contributed by atoms with Gasteiger partial charge in [-0.2, -0.15) is 10.2 Å². The summed E-state index contributed by atoms with van der Waals surface area (Å²) in [7, 11) is 0.